The molecule has 19 heavy (non-hydrogen) atoms. The molecule has 0 aliphatic rings. The van der Waals surface area contributed by atoms with Gasteiger partial charge in [-0.1, -0.05) is 25.6 Å². The van der Waals surface area contributed by atoms with E-state index in [1.54, 1.807) is 18.9 Å². The van der Waals surface area contributed by atoms with E-state index >= 15 is 0 Å². The van der Waals surface area contributed by atoms with Crippen LogP contribution in [0.2, 0.25) is 0 Å². The summed E-state index contributed by atoms with van der Waals surface area (Å²) in [5.74, 6) is 2.02. The molecule has 0 saturated carbocycles. The molecule has 0 fully saturated rings. The lowest BCUT2D eigenvalue weighted by molar-refractivity contribution is 0.414. The van der Waals surface area contributed by atoms with Crippen LogP contribution in [0.3, 0.4) is 0 Å². The van der Waals surface area contributed by atoms with Crippen molar-refractivity contribution in [2.24, 2.45) is 0 Å². The van der Waals surface area contributed by atoms with Crippen LogP contribution in [0.5, 0.6) is 5.75 Å². The van der Waals surface area contributed by atoms with Crippen LogP contribution in [0.4, 0.5) is 0 Å². The van der Waals surface area contributed by atoms with Crippen molar-refractivity contribution in [3.05, 3.63) is 40.8 Å². The Labute approximate surface area is 125 Å². The second kappa shape index (κ2) is 6.39. The molecule has 100 valence electrons. The maximum absolute atomic E-state index is 5.15. The van der Waals surface area contributed by atoms with E-state index < -0.39 is 0 Å². The molecule has 0 radical (unpaired) electrons. The minimum atomic E-state index is 0.313. The van der Waals surface area contributed by atoms with E-state index in [4.69, 9.17) is 4.74 Å². The molecule has 1 heterocycles. The number of nitrogens with zero attached hydrogens (tertiary/aromatic N) is 2. The summed E-state index contributed by atoms with van der Waals surface area (Å²) in [6.45, 7) is 4.17. The number of hydrogen-bond acceptors (Lipinski definition) is 4. The molecular weight excluding hydrogens is 324 g/mol. The molecule has 0 N–H and O–H groups in total. The zero-order chi connectivity index (χ0) is 13.8. The highest BCUT2D eigenvalue weighted by Crippen LogP contribution is 2.29. The number of benzene rings is 1. The molecule has 1 aromatic heterocycles. The van der Waals surface area contributed by atoms with E-state index in [2.05, 4.69) is 39.7 Å². The summed E-state index contributed by atoms with van der Waals surface area (Å²) in [4.78, 5) is 10.1. The zero-order valence-corrected chi connectivity index (χ0v) is 13.5. The van der Waals surface area contributed by atoms with Crippen LogP contribution in [-0.4, -0.2) is 17.1 Å². The Morgan fingerprint density at radius 3 is 2.42 bits per heavy atom. The second-order valence-electron chi connectivity index (χ2n) is 4.32. The summed E-state index contributed by atoms with van der Waals surface area (Å²) in [7, 11) is 1.67. The Morgan fingerprint density at radius 2 is 1.84 bits per heavy atom. The molecule has 0 aliphatic heterocycles. The average Bonchev–Trinajstić information content (AvgIpc) is 2.39. The Bertz CT molecular complexity index is 558. The van der Waals surface area contributed by atoms with Crippen LogP contribution in [0.15, 0.2) is 44.9 Å². The van der Waals surface area contributed by atoms with Crippen molar-refractivity contribution in [2.45, 2.75) is 29.7 Å². The summed E-state index contributed by atoms with van der Waals surface area (Å²) in [5.41, 5.74) is 0. The van der Waals surface area contributed by atoms with Gasteiger partial charge in [-0.15, -0.1) is 0 Å². The molecule has 0 amide bonds. The lowest BCUT2D eigenvalue weighted by Crippen LogP contribution is -1.98. The summed E-state index contributed by atoms with van der Waals surface area (Å²) in [6, 6.07) is 9.87. The summed E-state index contributed by atoms with van der Waals surface area (Å²) in [5, 5.41) is 0.941. The molecule has 2 rings (SSSR count). The van der Waals surface area contributed by atoms with Crippen LogP contribution < -0.4 is 4.74 Å². The number of rotatable bonds is 4. The van der Waals surface area contributed by atoms with Gasteiger partial charge in [0.15, 0.2) is 0 Å². The van der Waals surface area contributed by atoms with Crippen molar-refractivity contribution in [3.63, 3.8) is 0 Å². The van der Waals surface area contributed by atoms with Crippen LogP contribution in [0, 0.1) is 0 Å². The van der Waals surface area contributed by atoms with Crippen molar-refractivity contribution in [3.8, 4) is 5.75 Å². The number of methoxy groups -OCH3 is 1. The van der Waals surface area contributed by atoms with Gasteiger partial charge in [-0.05, 0) is 40.2 Å². The minimum absolute atomic E-state index is 0.313. The topological polar surface area (TPSA) is 35.0 Å². The molecule has 1 aromatic carbocycles. The molecule has 2 aromatic rings. The Balaban J connectivity index is 2.22. The quantitative estimate of drug-likeness (QED) is 0.767. The monoisotopic (exact) mass is 338 g/mol. The van der Waals surface area contributed by atoms with E-state index in [-0.39, 0.29) is 0 Å². The van der Waals surface area contributed by atoms with Crippen molar-refractivity contribution in [2.75, 3.05) is 7.11 Å². The Kier molecular flexibility index (Phi) is 4.82. The maximum Gasteiger partial charge on any atom is 0.133 e. The van der Waals surface area contributed by atoms with Crippen molar-refractivity contribution >= 4 is 27.7 Å². The van der Waals surface area contributed by atoms with E-state index in [9.17, 15) is 0 Å². The van der Waals surface area contributed by atoms with Crippen molar-refractivity contribution < 1.29 is 4.74 Å². The summed E-state index contributed by atoms with van der Waals surface area (Å²) >= 11 is 5.05. The van der Waals surface area contributed by atoms with Crippen LogP contribution >= 0.6 is 27.7 Å². The number of aromatic nitrogens is 2. The first-order chi connectivity index (χ1) is 9.08. The van der Waals surface area contributed by atoms with Crippen molar-refractivity contribution in [1.29, 1.82) is 0 Å². The molecule has 0 bridgehead atoms. The van der Waals surface area contributed by atoms with Crippen LogP contribution in [0.1, 0.15) is 25.6 Å². The van der Waals surface area contributed by atoms with Gasteiger partial charge in [-0.25, -0.2) is 9.97 Å². The third kappa shape index (κ3) is 3.94. The van der Waals surface area contributed by atoms with Gasteiger partial charge in [0.1, 0.15) is 21.2 Å². The number of ether oxygens (including phenoxy) is 1. The summed E-state index contributed by atoms with van der Waals surface area (Å²) in [6.07, 6.45) is 0. The highest BCUT2D eigenvalue weighted by molar-refractivity contribution is 9.10. The van der Waals surface area contributed by atoms with Gasteiger partial charge in [0.25, 0.3) is 0 Å². The third-order valence-corrected chi connectivity index (χ3v) is 3.82. The number of hydrogen-bond donors (Lipinski definition) is 0. The molecular formula is C14H15BrN2OS. The van der Waals surface area contributed by atoms with Gasteiger partial charge < -0.3 is 4.74 Å². The molecule has 5 heteroatoms. The maximum atomic E-state index is 5.15. The largest absolute Gasteiger partial charge is 0.497 e. The smallest absolute Gasteiger partial charge is 0.133 e. The molecule has 0 unspecified atom stereocenters. The highest BCUT2D eigenvalue weighted by atomic mass is 79.9. The fraction of sp³-hybridized carbons (Fsp3) is 0.286. The predicted molar refractivity (Wildman–Crippen MR) is 80.9 cm³/mol. The van der Waals surface area contributed by atoms with Gasteiger partial charge in [0.05, 0.1) is 7.11 Å². The molecule has 0 spiro atoms. The van der Waals surface area contributed by atoms with Gasteiger partial charge in [0.2, 0.25) is 0 Å². The highest BCUT2D eigenvalue weighted by Gasteiger charge is 2.08. The fourth-order valence-corrected chi connectivity index (χ4v) is 2.86. The molecule has 3 nitrogen and oxygen atoms in total. The zero-order valence-electron chi connectivity index (χ0n) is 11.1. The predicted octanol–water partition coefficient (Wildman–Crippen LogP) is 4.52. The molecule has 0 atom stereocenters. The number of halogens is 1. The lowest BCUT2D eigenvalue weighted by atomic mass is 10.2. The molecule has 0 aliphatic carbocycles. The first kappa shape index (κ1) is 14.3. The van der Waals surface area contributed by atoms with Crippen LogP contribution in [0.25, 0.3) is 0 Å². The second-order valence-corrected chi connectivity index (χ2v) is 6.23. The fourth-order valence-electron chi connectivity index (χ4n) is 1.49. The lowest BCUT2D eigenvalue weighted by Gasteiger charge is -2.07. The standard InChI is InChI=1S/C14H15BrN2OS/c1-9(2)14-16-12(15)8-13(17-14)19-11-6-4-10(18-3)5-7-11/h4-9H,1-3H3. The van der Waals surface area contributed by atoms with Gasteiger partial charge in [-0.3, -0.25) is 0 Å². The Hall–Kier alpha value is -1.07. The molecule has 0 saturated heterocycles. The average molecular weight is 339 g/mol. The first-order valence-electron chi connectivity index (χ1n) is 5.95. The SMILES string of the molecule is COc1ccc(Sc2cc(Br)nc(C(C)C)n2)cc1. The summed E-state index contributed by atoms with van der Waals surface area (Å²) < 4.78 is 5.97. The van der Waals surface area contributed by atoms with Gasteiger partial charge >= 0.3 is 0 Å². The minimum Gasteiger partial charge on any atom is -0.497 e. The van der Waals surface area contributed by atoms with Crippen molar-refractivity contribution in [1.82, 2.24) is 9.97 Å². The van der Waals surface area contributed by atoms with E-state index in [1.807, 2.05) is 30.3 Å². The normalized spacial score (nSPS) is 10.8. The van der Waals surface area contributed by atoms with E-state index in [0.29, 0.717) is 5.92 Å². The van der Waals surface area contributed by atoms with Gasteiger partial charge in [0, 0.05) is 16.9 Å². The van der Waals surface area contributed by atoms with Gasteiger partial charge in [-0.2, -0.15) is 0 Å². The van der Waals surface area contributed by atoms with E-state index in [0.717, 1.165) is 26.1 Å². The van der Waals surface area contributed by atoms with Crippen LogP contribution in [-0.2, 0) is 0 Å². The first-order valence-corrected chi connectivity index (χ1v) is 7.56. The Morgan fingerprint density at radius 1 is 1.16 bits per heavy atom. The third-order valence-electron chi connectivity index (χ3n) is 2.49. The van der Waals surface area contributed by atoms with E-state index in [1.165, 1.54) is 0 Å².